The highest BCUT2D eigenvalue weighted by Gasteiger charge is 2.08. The Morgan fingerprint density at radius 1 is 1.21 bits per heavy atom. The third-order valence-electron chi connectivity index (χ3n) is 2.92. The minimum atomic E-state index is -0.255. The minimum absolute atomic E-state index is 0.255. The molecule has 0 aliphatic carbocycles. The highest BCUT2D eigenvalue weighted by molar-refractivity contribution is 5.32. The first-order valence-corrected chi connectivity index (χ1v) is 6.22. The smallest absolute Gasteiger partial charge is 0.146 e. The van der Waals surface area contributed by atoms with Crippen LogP contribution in [0.2, 0.25) is 0 Å². The lowest BCUT2D eigenvalue weighted by atomic mass is 10.2. The van der Waals surface area contributed by atoms with Gasteiger partial charge in [0, 0.05) is 0 Å². The van der Waals surface area contributed by atoms with E-state index in [-0.39, 0.29) is 5.82 Å². The van der Waals surface area contributed by atoms with E-state index in [1.54, 1.807) is 6.07 Å². The van der Waals surface area contributed by atoms with Gasteiger partial charge in [0.1, 0.15) is 29.7 Å². The predicted molar refractivity (Wildman–Crippen MR) is 71.7 cm³/mol. The third-order valence-corrected chi connectivity index (χ3v) is 2.92. The Morgan fingerprint density at radius 2 is 2.00 bits per heavy atom. The Kier molecular flexibility index (Phi) is 4.22. The van der Waals surface area contributed by atoms with E-state index >= 15 is 0 Å². The first-order chi connectivity index (χ1) is 9.10. The number of hydrogen-bond acceptors (Lipinski definition) is 3. The number of rotatable bonds is 5. The lowest BCUT2D eigenvalue weighted by Gasteiger charge is -2.07. The lowest BCUT2D eigenvalue weighted by Crippen LogP contribution is -2.04. The number of nitrogens with one attached hydrogen (secondary N) is 1. The first-order valence-electron chi connectivity index (χ1n) is 6.22. The number of benzene rings is 1. The summed E-state index contributed by atoms with van der Waals surface area (Å²) in [5.41, 5.74) is 1.88. The van der Waals surface area contributed by atoms with Gasteiger partial charge in [-0.3, -0.25) is 0 Å². The molecule has 102 valence electrons. The monoisotopic (exact) mass is 263 g/mol. The summed E-state index contributed by atoms with van der Waals surface area (Å²) < 4.78 is 24.3. The molecule has 0 saturated carbocycles. The van der Waals surface area contributed by atoms with E-state index in [0.717, 1.165) is 22.6 Å². The fourth-order valence-electron chi connectivity index (χ4n) is 1.92. The molecule has 19 heavy (non-hydrogen) atoms. The van der Waals surface area contributed by atoms with Crippen molar-refractivity contribution in [2.75, 3.05) is 7.05 Å². The normalized spacial score (nSPS) is 10.7. The molecule has 0 spiro atoms. The van der Waals surface area contributed by atoms with Crippen LogP contribution in [-0.4, -0.2) is 7.05 Å². The van der Waals surface area contributed by atoms with Crippen molar-refractivity contribution in [3.63, 3.8) is 0 Å². The lowest BCUT2D eigenvalue weighted by molar-refractivity contribution is 0.263. The van der Waals surface area contributed by atoms with Crippen LogP contribution in [0.5, 0.6) is 5.75 Å². The van der Waals surface area contributed by atoms with Crippen molar-refractivity contribution < 1.29 is 13.5 Å². The maximum atomic E-state index is 13.0. The molecule has 0 bridgehead atoms. The van der Waals surface area contributed by atoms with Crippen LogP contribution in [0.3, 0.4) is 0 Å². The molecule has 3 nitrogen and oxygen atoms in total. The Bertz CT molecular complexity index is 563. The van der Waals surface area contributed by atoms with Gasteiger partial charge in [-0.1, -0.05) is 0 Å². The second-order valence-corrected chi connectivity index (χ2v) is 4.55. The van der Waals surface area contributed by atoms with Crippen LogP contribution >= 0.6 is 0 Å². The van der Waals surface area contributed by atoms with E-state index < -0.39 is 0 Å². The molecule has 0 radical (unpaired) electrons. The van der Waals surface area contributed by atoms with E-state index in [2.05, 4.69) is 5.32 Å². The van der Waals surface area contributed by atoms with Gasteiger partial charge < -0.3 is 14.5 Å². The van der Waals surface area contributed by atoms with Gasteiger partial charge in [-0.05, 0) is 56.3 Å². The zero-order valence-corrected chi connectivity index (χ0v) is 11.4. The van der Waals surface area contributed by atoms with Crippen LogP contribution in [0.15, 0.2) is 28.7 Å². The zero-order valence-electron chi connectivity index (χ0n) is 11.4. The van der Waals surface area contributed by atoms with Crippen LogP contribution < -0.4 is 10.1 Å². The fourth-order valence-corrected chi connectivity index (χ4v) is 1.92. The quantitative estimate of drug-likeness (QED) is 0.898. The molecule has 4 heteroatoms. The number of halogens is 1. The zero-order chi connectivity index (χ0) is 13.8. The van der Waals surface area contributed by atoms with Crippen LogP contribution in [0, 0.1) is 19.7 Å². The molecule has 0 aliphatic heterocycles. The molecule has 0 unspecified atom stereocenters. The van der Waals surface area contributed by atoms with E-state index in [9.17, 15) is 4.39 Å². The number of aryl methyl sites for hydroxylation is 2. The number of ether oxygens (including phenoxy) is 1. The summed E-state index contributed by atoms with van der Waals surface area (Å²) in [5.74, 6) is 2.10. The average Bonchev–Trinajstić information content (AvgIpc) is 2.70. The highest BCUT2D eigenvalue weighted by Crippen LogP contribution is 2.21. The molecule has 2 rings (SSSR count). The van der Waals surface area contributed by atoms with Gasteiger partial charge >= 0.3 is 0 Å². The van der Waals surface area contributed by atoms with Crippen LogP contribution in [0.25, 0.3) is 0 Å². The van der Waals surface area contributed by atoms with Crippen molar-refractivity contribution >= 4 is 0 Å². The summed E-state index contributed by atoms with van der Waals surface area (Å²) in [6.07, 6.45) is 0. The van der Waals surface area contributed by atoms with E-state index in [1.807, 2.05) is 27.0 Å². The highest BCUT2D eigenvalue weighted by atomic mass is 19.1. The van der Waals surface area contributed by atoms with Crippen molar-refractivity contribution in [3.05, 3.63) is 52.7 Å². The number of hydrogen-bond donors (Lipinski definition) is 1. The Balaban J connectivity index is 2.04. The van der Waals surface area contributed by atoms with Gasteiger partial charge in [-0.25, -0.2) is 4.39 Å². The molecular weight excluding hydrogens is 245 g/mol. The summed E-state index contributed by atoms with van der Waals surface area (Å²) in [6, 6.07) is 6.44. The molecule has 1 heterocycles. The van der Waals surface area contributed by atoms with Crippen molar-refractivity contribution in [1.82, 2.24) is 5.32 Å². The summed E-state index contributed by atoms with van der Waals surface area (Å²) in [5, 5.41) is 3.05. The second-order valence-electron chi connectivity index (χ2n) is 4.55. The Hall–Kier alpha value is -1.81. The second kappa shape index (κ2) is 5.89. The molecule has 1 aromatic heterocycles. The van der Waals surface area contributed by atoms with Crippen LogP contribution in [0.1, 0.15) is 22.6 Å². The van der Waals surface area contributed by atoms with E-state index in [1.165, 1.54) is 12.1 Å². The summed E-state index contributed by atoms with van der Waals surface area (Å²) in [6.45, 7) is 4.86. The largest absolute Gasteiger partial charge is 0.485 e. The molecule has 0 saturated heterocycles. The van der Waals surface area contributed by atoms with Gasteiger partial charge in [0.05, 0.1) is 6.54 Å². The summed E-state index contributed by atoms with van der Waals surface area (Å²) in [7, 11) is 1.88. The molecule has 0 aliphatic rings. The van der Waals surface area contributed by atoms with E-state index in [0.29, 0.717) is 18.9 Å². The summed E-state index contributed by atoms with van der Waals surface area (Å²) >= 11 is 0. The maximum Gasteiger partial charge on any atom is 0.146 e. The van der Waals surface area contributed by atoms with Crippen LogP contribution in [-0.2, 0) is 13.2 Å². The molecule has 0 atom stereocenters. The standard InChI is InChI=1S/C15H18FNO2/c1-10-6-12(16)4-5-14(10)18-9-13-7-11(2)15(19-13)8-17-3/h4-7,17H,8-9H2,1-3H3. The molecule has 2 aromatic rings. The third kappa shape index (κ3) is 3.35. The predicted octanol–water partition coefficient (Wildman–Crippen LogP) is 3.33. The maximum absolute atomic E-state index is 13.0. The summed E-state index contributed by atoms with van der Waals surface area (Å²) in [4.78, 5) is 0. The van der Waals surface area contributed by atoms with Crippen molar-refractivity contribution in [3.8, 4) is 5.75 Å². The molecule has 1 aromatic carbocycles. The van der Waals surface area contributed by atoms with Gasteiger partial charge in [0.2, 0.25) is 0 Å². The Labute approximate surface area is 112 Å². The molecule has 0 fully saturated rings. The van der Waals surface area contributed by atoms with Gasteiger partial charge in [-0.15, -0.1) is 0 Å². The molecule has 1 N–H and O–H groups in total. The average molecular weight is 263 g/mol. The topological polar surface area (TPSA) is 34.4 Å². The SMILES string of the molecule is CNCc1oc(COc2ccc(F)cc2C)cc1C. The van der Waals surface area contributed by atoms with Crippen molar-refractivity contribution in [2.24, 2.45) is 0 Å². The van der Waals surface area contributed by atoms with Gasteiger partial charge in [0.15, 0.2) is 0 Å². The van der Waals surface area contributed by atoms with Gasteiger partial charge in [-0.2, -0.15) is 0 Å². The van der Waals surface area contributed by atoms with Crippen molar-refractivity contribution in [2.45, 2.75) is 27.0 Å². The van der Waals surface area contributed by atoms with Gasteiger partial charge in [0.25, 0.3) is 0 Å². The van der Waals surface area contributed by atoms with Crippen LogP contribution in [0.4, 0.5) is 4.39 Å². The molecule has 0 amide bonds. The van der Waals surface area contributed by atoms with E-state index in [4.69, 9.17) is 9.15 Å². The van der Waals surface area contributed by atoms with Crippen molar-refractivity contribution in [1.29, 1.82) is 0 Å². The Morgan fingerprint density at radius 3 is 2.68 bits per heavy atom. The molecular formula is C15H18FNO2. The fraction of sp³-hybridized carbons (Fsp3) is 0.333. The first kappa shape index (κ1) is 13.6. The number of furan rings is 1. The minimum Gasteiger partial charge on any atom is -0.485 e.